The zero-order valence-corrected chi connectivity index (χ0v) is 21.4. The van der Waals surface area contributed by atoms with Crippen molar-refractivity contribution in [2.75, 3.05) is 10.8 Å². The molecule has 0 saturated carbocycles. The van der Waals surface area contributed by atoms with Crippen LogP contribution in [0.2, 0.25) is 0 Å². The van der Waals surface area contributed by atoms with Crippen molar-refractivity contribution in [3.05, 3.63) is 54.1 Å². The number of rotatable bonds is 6. The predicted octanol–water partition coefficient (Wildman–Crippen LogP) is 4.74. The number of fused-ring (bicyclic) bond motifs is 1. The van der Waals surface area contributed by atoms with Crippen molar-refractivity contribution in [2.24, 2.45) is 11.8 Å². The SMILES string of the molecule is CC(C)C(NC(=O)C1CN(S(=O)(=O)c2ccccc2)c2cc(C(C)(C)C)ccc2O1)C(C)C. The van der Waals surface area contributed by atoms with Crippen molar-refractivity contribution in [2.45, 2.75) is 70.9 Å². The van der Waals surface area contributed by atoms with E-state index in [1.807, 2.05) is 12.1 Å². The Morgan fingerprint density at radius 2 is 1.64 bits per heavy atom. The fourth-order valence-corrected chi connectivity index (χ4v) is 5.65. The molecule has 0 aliphatic carbocycles. The fraction of sp³-hybridized carbons (Fsp3) is 0.500. The van der Waals surface area contributed by atoms with E-state index >= 15 is 0 Å². The highest BCUT2D eigenvalue weighted by Gasteiger charge is 2.39. The number of nitrogens with zero attached hydrogens (tertiary/aromatic N) is 1. The molecular formula is C26H36N2O4S. The zero-order chi connectivity index (χ0) is 24.6. The van der Waals surface area contributed by atoms with Gasteiger partial charge >= 0.3 is 0 Å². The monoisotopic (exact) mass is 472 g/mol. The normalized spacial score (nSPS) is 16.7. The fourth-order valence-electron chi connectivity index (χ4n) is 4.16. The lowest BCUT2D eigenvalue weighted by molar-refractivity contribution is -0.129. The average molecular weight is 473 g/mol. The number of hydrogen-bond donors (Lipinski definition) is 1. The van der Waals surface area contributed by atoms with E-state index in [1.54, 1.807) is 36.4 Å². The third-order valence-corrected chi connectivity index (χ3v) is 7.86. The van der Waals surface area contributed by atoms with Crippen molar-refractivity contribution in [1.82, 2.24) is 5.32 Å². The van der Waals surface area contributed by atoms with Crippen molar-refractivity contribution in [3.8, 4) is 5.75 Å². The summed E-state index contributed by atoms with van der Waals surface area (Å²) in [6, 6.07) is 13.8. The van der Waals surface area contributed by atoms with Crippen LogP contribution in [-0.2, 0) is 20.2 Å². The number of ether oxygens (including phenoxy) is 1. The maximum atomic E-state index is 13.7. The van der Waals surface area contributed by atoms with Gasteiger partial charge in [0, 0.05) is 6.04 Å². The lowest BCUT2D eigenvalue weighted by atomic mass is 9.86. The summed E-state index contributed by atoms with van der Waals surface area (Å²) < 4.78 is 34.7. The predicted molar refractivity (Wildman–Crippen MR) is 132 cm³/mol. The van der Waals surface area contributed by atoms with Gasteiger partial charge in [0.1, 0.15) is 5.75 Å². The maximum absolute atomic E-state index is 13.7. The van der Waals surface area contributed by atoms with Crippen LogP contribution in [0.15, 0.2) is 53.4 Å². The number of amides is 1. The van der Waals surface area contributed by atoms with Crippen LogP contribution in [0.5, 0.6) is 5.75 Å². The molecule has 1 aliphatic rings. The number of carbonyl (C=O) groups is 1. The molecule has 0 bridgehead atoms. The average Bonchev–Trinajstić information content (AvgIpc) is 2.75. The van der Waals surface area contributed by atoms with Crippen LogP contribution in [-0.4, -0.2) is 33.0 Å². The standard InChI is InChI=1S/C26H36N2O4S/c1-17(2)24(18(3)4)27-25(29)23-16-28(33(30,31)20-11-9-8-10-12-20)21-15-19(26(5,6)7)13-14-22(21)32-23/h8-15,17-18,23-24H,16H2,1-7H3,(H,27,29). The molecular weight excluding hydrogens is 436 g/mol. The first kappa shape index (κ1) is 25.1. The molecule has 1 amide bonds. The van der Waals surface area contributed by atoms with Crippen LogP contribution in [0.3, 0.4) is 0 Å². The Kier molecular flexibility index (Phi) is 7.13. The van der Waals surface area contributed by atoms with Crippen LogP contribution in [0.4, 0.5) is 5.69 Å². The smallest absolute Gasteiger partial charge is 0.264 e. The molecule has 0 spiro atoms. The molecule has 2 aromatic carbocycles. The molecule has 3 rings (SSSR count). The number of hydrogen-bond acceptors (Lipinski definition) is 4. The van der Waals surface area contributed by atoms with E-state index in [9.17, 15) is 13.2 Å². The summed E-state index contributed by atoms with van der Waals surface area (Å²) in [5, 5.41) is 3.08. The van der Waals surface area contributed by atoms with E-state index in [4.69, 9.17) is 4.74 Å². The van der Waals surface area contributed by atoms with Crippen LogP contribution in [0, 0.1) is 11.8 Å². The molecule has 0 fully saturated rings. The molecule has 6 nitrogen and oxygen atoms in total. The molecule has 1 heterocycles. The first-order valence-electron chi connectivity index (χ1n) is 11.5. The summed E-state index contributed by atoms with van der Waals surface area (Å²) in [5.74, 6) is 0.562. The quantitative estimate of drug-likeness (QED) is 0.659. The molecule has 1 aliphatic heterocycles. The molecule has 7 heteroatoms. The Hall–Kier alpha value is -2.54. The first-order valence-corrected chi connectivity index (χ1v) is 13.0. The zero-order valence-electron chi connectivity index (χ0n) is 20.6. The van der Waals surface area contributed by atoms with Gasteiger partial charge < -0.3 is 10.1 Å². The second-order valence-corrected chi connectivity index (χ2v) is 12.3. The third kappa shape index (κ3) is 5.35. The Balaban J connectivity index is 2.04. The Morgan fingerprint density at radius 1 is 1.03 bits per heavy atom. The molecule has 180 valence electrons. The summed E-state index contributed by atoms with van der Waals surface area (Å²) in [6.07, 6.45) is -0.948. The highest BCUT2D eigenvalue weighted by atomic mass is 32.2. The Bertz CT molecular complexity index is 1080. The van der Waals surface area contributed by atoms with E-state index in [2.05, 4.69) is 53.8 Å². The minimum atomic E-state index is -3.89. The largest absolute Gasteiger partial charge is 0.476 e. The maximum Gasteiger partial charge on any atom is 0.264 e. The molecule has 1 unspecified atom stereocenters. The van der Waals surface area contributed by atoms with Crippen LogP contribution in [0.25, 0.3) is 0 Å². The molecule has 0 radical (unpaired) electrons. The molecule has 33 heavy (non-hydrogen) atoms. The molecule has 0 aromatic heterocycles. The van der Waals surface area contributed by atoms with E-state index in [-0.39, 0.29) is 40.6 Å². The summed E-state index contributed by atoms with van der Waals surface area (Å²) in [4.78, 5) is 13.4. The minimum absolute atomic E-state index is 0.0371. The topological polar surface area (TPSA) is 75.7 Å². The van der Waals surface area contributed by atoms with Gasteiger partial charge in [0.05, 0.1) is 17.1 Å². The Morgan fingerprint density at radius 3 is 2.18 bits per heavy atom. The van der Waals surface area contributed by atoms with Crippen LogP contribution >= 0.6 is 0 Å². The van der Waals surface area contributed by atoms with Gasteiger partial charge in [-0.1, -0.05) is 72.7 Å². The summed E-state index contributed by atoms with van der Waals surface area (Å²) in [5.41, 5.74) is 1.27. The van der Waals surface area contributed by atoms with E-state index < -0.39 is 16.1 Å². The van der Waals surface area contributed by atoms with Crippen LogP contribution in [0.1, 0.15) is 54.0 Å². The van der Waals surface area contributed by atoms with Gasteiger partial charge in [-0.05, 0) is 47.1 Å². The second-order valence-electron chi connectivity index (χ2n) is 10.4. The molecule has 0 saturated heterocycles. The minimum Gasteiger partial charge on any atom is -0.476 e. The van der Waals surface area contributed by atoms with Crippen LogP contribution < -0.4 is 14.4 Å². The van der Waals surface area contributed by atoms with Crippen molar-refractivity contribution in [3.63, 3.8) is 0 Å². The van der Waals surface area contributed by atoms with Gasteiger partial charge in [-0.2, -0.15) is 0 Å². The van der Waals surface area contributed by atoms with E-state index in [0.717, 1.165) is 5.56 Å². The van der Waals surface area contributed by atoms with Gasteiger partial charge in [-0.15, -0.1) is 0 Å². The van der Waals surface area contributed by atoms with E-state index in [0.29, 0.717) is 11.4 Å². The Labute approximate surface area is 198 Å². The van der Waals surface area contributed by atoms with Gasteiger partial charge in [0.2, 0.25) is 0 Å². The number of benzene rings is 2. The van der Waals surface area contributed by atoms with Gasteiger partial charge in [-0.3, -0.25) is 9.10 Å². The highest BCUT2D eigenvalue weighted by molar-refractivity contribution is 7.92. The lowest BCUT2D eigenvalue weighted by Crippen LogP contribution is -2.54. The lowest BCUT2D eigenvalue weighted by Gasteiger charge is -2.37. The number of carbonyl (C=O) groups excluding carboxylic acids is 1. The van der Waals surface area contributed by atoms with Crippen molar-refractivity contribution < 1.29 is 17.9 Å². The molecule has 1 atom stereocenters. The third-order valence-electron chi connectivity index (χ3n) is 6.06. The summed E-state index contributed by atoms with van der Waals surface area (Å²) >= 11 is 0. The summed E-state index contributed by atoms with van der Waals surface area (Å²) in [7, 11) is -3.89. The molecule has 2 aromatic rings. The number of nitrogens with one attached hydrogen (secondary N) is 1. The highest BCUT2D eigenvalue weighted by Crippen LogP contribution is 2.40. The van der Waals surface area contributed by atoms with Gasteiger partial charge in [-0.25, -0.2) is 8.42 Å². The van der Waals surface area contributed by atoms with Crippen molar-refractivity contribution in [1.29, 1.82) is 0 Å². The molecule has 1 N–H and O–H groups in total. The van der Waals surface area contributed by atoms with Gasteiger partial charge in [0.25, 0.3) is 15.9 Å². The van der Waals surface area contributed by atoms with Crippen molar-refractivity contribution >= 4 is 21.6 Å². The van der Waals surface area contributed by atoms with Gasteiger partial charge in [0.15, 0.2) is 6.10 Å². The van der Waals surface area contributed by atoms with E-state index in [1.165, 1.54) is 4.31 Å². The number of sulfonamides is 1. The second kappa shape index (κ2) is 9.37. The first-order chi connectivity index (χ1) is 15.3. The summed E-state index contributed by atoms with van der Waals surface area (Å²) in [6.45, 7) is 14.4. The number of anilines is 1.